The molecule has 0 aromatic carbocycles. The summed E-state index contributed by atoms with van der Waals surface area (Å²) in [5, 5.41) is 99.5. The number of aliphatic hydroxyl groups excluding tert-OH is 10. The van der Waals surface area contributed by atoms with Crippen molar-refractivity contribution in [3.63, 3.8) is 0 Å². The van der Waals surface area contributed by atoms with Gasteiger partial charge < -0.3 is 56.4 Å². The van der Waals surface area contributed by atoms with E-state index in [-0.39, 0.29) is 43.9 Å². The highest BCUT2D eigenvalue weighted by Gasteiger charge is 2.36. The van der Waals surface area contributed by atoms with Gasteiger partial charge in [0, 0.05) is 25.7 Å². The molecule has 1 rings (SSSR count). The third-order valence-electron chi connectivity index (χ3n) is 5.04. The fourth-order valence-corrected chi connectivity index (χ4v) is 3.15. The average Bonchev–Trinajstić information content (AvgIpc) is 3.24. The van der Waals surface area contributed by atoms with Crippen molar-refractivity contribution in [3.05, 3.63) is 0 Å². The first-order chi connectivity index (χ1) is 13.1. The monoisotopic (exact) mass is 486 g/mol. The van der Waals surface area contributed by atoms with Crippen molar-refractivity contribution in [2.75, 3.05) is 39.4 Å². The van der Waals surface area contributed by atoms with Gasteiger partial charge in [-0.25, -0.2) is 0 Å². The van der Waals surface area contributed by atoms with Crippen LogP contribution in [0.2, 0.25) is 0 Å². The molecular weight excluding hydrogens is 451 g/mol. The smallest absolute Gasteiger partial charge is 0.111 e. The minimum atomic E-state index is -1.79. The Morgan fingerprint density at radius 1 is 0.667 bits per heavy atom. The first-order valence-corrected chi connectivity index (χ1v) is 9.25. The third-order valence-corrected chi connectivity index (χ3v) is 5.04. The van der Waals surface area contributed by atoms with E-state index >= 15 is 0 Å². The molecule has 0 aliphatic carbocycles. The molecule has 1 heterocycles. The first kappa shape index (κ1) is 32.3. The molecule has 184 valence electrons. The van der Waals surface area contributed by atoms with Gasteiger partial charge in [0.15, 0.2) is 0 Å². The van der Waals surface area contributed by atoms with Crippen LogP contribution in [-0.2, 0) is 0 Å². The van der Waals surface area contributed by atoms with Crippen LogP contribution >= 0.6 is 24.8 Å². The van der Waals surface area contributed by atoms with Crippen molar-refractivity contribution in [2.24, 2.45) is 0 Å². The molecule has 0 aromatic heterocycles. The van der Waals surface area contributed by atoms with Crippen molar-refractivity contribution in [2.45, 2.75) is 61.3 Å². The quantitative estimate of drug-likeness (QED) is 0.117. The van der Waals surface area contributed by atoms with E-state index in [1.807, 2.05) is 0 Å². The van der Waals surface area contributed by atoms with Gasteiger partial charge in [-0.05, 0) is 13.0 Å². The van der Waals surface area contributed by atoms with Crippen molar-refractivity contribution in [1.82, 2.24) is 10.2 Å². The molecule has 11 N–H and O–H groups in total. The lowest BCUT2D eigenvalue weighted by molar-refractivity contribution is -0.132. The highest BCUT2D eigenvalue weighted by atomic mass is 35.5. The van der Waals surface area contributed by atoms with Gasteiger partial charge in [-0.15, -0.1) is 24.8 Å². The first-order valence-electron chi connectivity index (χ1n) is 9.25. The van der Waals surface area contributed by atoms with E-state index < -0.39 is 62.0 Å². The summed E-state index contributed by atoms with van der Waals surface area (Å²) in [6.07, 6.45) is -12.9. The van der Waals surface area contributed by atoms with Gasteiger partial charge in [-0.3, -0.25) is 4.90 Å². The van der Waals surface area contributed by atoms with Crippen molar-refractivity contribution < 1.29 is 51.1 Å². The molecule has 14 heteroatoms. The maximum Gasteiger partial charge on any atom is 0.111 e. The second kappa shape index (κ2) is 15.8. The Kier molecular flexibility index (Phi) is 17.0. The minimum Gasteiger partial charge on any atom is -0.394 e. The van der Waals surface area contributed by atoms with Crippen LogP contribution in [0, 0.1) is 0 Å². The number of aliphatic hydroxyl groups is 10. The Labute approximate surface area is 187 Å². The van der Waals surface area contributed by atoms with E-state index in [0.29, 0.717) is 19.5 Å². The lowest BCUT2D eigenvalue weighted by atomic mass is 10.00. The van der Waals surface area contributed by atoms with Crippen LogP contribution in [0.3, 0.4) is 0 Å². The normalized spacial score (nSPS) is 24.7. The summed E-state index contributed by atoms with van der Waals surface area (Å²) >= 11 is 0. The average molecular weight is 487 g/mol. The van der Waals surface area contributed by atoms with Crippen LogP contribution in [-0.4, -0.2) is 150 Å². The fourth-order valence-electron chi connectivity index (χ4n) is 3.15. The van der Waals surface area contributed by atoms with E-state index in [1.165, 1.54) is 4.90 Å². The van der Waals surface area contributed by atoms with E-state index in [2.05, 4.69) is 5.32 Å². The third kappa shape index (κ3) is 9.30. The van der Waals surface area contributed by atoms with Crippen molar-refractivity contribution in [1.29, 1.82) is 0 Å². The molecule has 1 fully saturated rings. The summed E-state index contributed by atoms with van der Waals surface area (Å²) in [5.41, 5.74) is 0. The number of nitrogens with zero attached hydrogens (tertiary/aromatic N) is 1. The van der Waals surface area contributed by atoms with Crippen molar-refractivity contribution in [3.8, 4) is 0 Å². The van der Waals surface area contributed by atoms with Gasteiger partial charge in [0.25, 0.3) is 0 Å². The molecule has 0 amide bonds. The van der Waals surface area contributed by atoms with Gasteiger partial charge in [0.1, 0.15) is 36.6 Å². The molecule has 12 nitrogen and oxygen atoms in total. The Balaban J connectivity index is 0. The van der Waals surface area contributed by atoms with Crippen LogP contribution in [0.15, 0.2) is 0 Å². The summed E-state index contributed by atoms with van der Waals surface area (Å²) in [4.78, 5) is 1.54. The summed E-state index contributed by atoms with van der Waals surface area (Å²) in [7, 11) is 0. The topological polar surface area (TPSA) is 218 Å². The Hall–Kier alpha value is 0.100. The highest BCUT2D eigenvalue weighted by Crippen LogP contribution is 2.15. The van der Waals surface area contributed by atoms with Gasteiger partial charge in [-0.1, -0.05) is 0 Å². The molecule has 1 aliphatic rings. The number of hydrogen-bond acceptors (Lipinski definition) is 12. The van der Waals surface area contributed by atoms with Crippen LogP contribution in [0.25, 0.3) is 0 Å². The zero-order valence-electron chi connectivity index (χ0n) is 16.4. The van der Waals surface area contributed by atoms with Crippen LogP contribution in [0.4, 0.5) is 0 Å². The van der Waals surface area contributed by atoms with E-state index in [9.17, 15) is 40.9 Å². The molecular formula is C16H36Cl2N2O10. The minimum absolute atomic E-state index is 0. The predicted octanol–water partition coefficient (Wildman–Crippen LogP) is -5.63. The molecule has 0 saturated carbocycles. The molecule has 0 spiro atoms. The fraction of sp³-hybridized carbons (Fsp3) is 1.00. The Bertz CT molecular complexity index is 409. The predicted molar refractivity (Wildman–Crippen MR) is 110 cm³/mol. The van der Waals surface area contributed by atoms with E-state index in [4.69, 9.17) is 10.2 Å². The maximum atomic E-state index is 10.2. The molecule has 0 aromatic rings. The van der Waals surface area contributed by atoms with Crippen molar-refractivity contribution >= 4 is 24.8 Å². The van der Waals surface area contributed by atoms with Crippen LogP contribution in [0.1, 0.15) is 6.42 Å². The molecule has 0 radical (unpaired) electrons. The van der Waals surface area contributed by atoms with Crippen LogP contribution in [0.5, 0.6) is 0 Å². The molecule has 0 bridgehead atoms. The second-order valence-electron chi connectivity index (χ2n) is 7.20. The SMILES string of the molecule is Cl.Cl.OCC(O)C(O)C(O)C(O)CN(CC(O)C(O)C(O)C(O)CO)[C@H]1CCNC1. The number of hydrogen-bond donors (Lipinski definition) is 11. The number of halogens is 2. The molecule has 30 heavy (non-hydrogen) atoms. The van der Waals surface area contributed by atoms with Crippen LogP contribution < -0.4 is 5.32 Å². The van der Waals surface area contributed by atoms with Gasteiger partial charge in [0.2, 0.25) is 0 Å². The Morgan fingerprint density at radius 3 is 1.33 bits per heavy atom. The number of nitrogens with one attached hydrogen (secondary N) is 1. The zero-order chi connectivity index (χ0) is 21.4. The van der Waals surface area contributed by atoms with E-state index in [0.717, 1.165) is 0 Å². The Morgan fingerprint density at radius 2 is 1.03 bits per heavy atom. The number of rotatable bonds is 13. The van der Waals surface area contributed by atoms with E-state index in [1.54, 1.807) is 0 Å². The standard InChI is InChI=1S/C16H34N2O10.2ClH/c19-6-11(23)15(27)13(25)9(21)4-18(8-1-2-17-3-8)5-10(22)14(26)16(28)12(24)7-20;;/h8-17,19-28H,1-7H2;2*1H/t8-,9?,10?,11?,12?,13?,14?,15?,16?;;/m0../s1. The summed E-state index contributed by atoms with van der Waals surface area (Å²) in [5.74, 6) is 0. The second-order valence-corrected chi connectivity index (χ2v) is 7.20. The van der Waals surface area contributed by atoms with Gasteiger partial charge in [0.05, 0.1) is 25.4 Å². The van der Waals surface area contributed by atoms with Gasteiger partial charge in [-0.2, -0.15) is 0 Å². The van der Waals surface area contributed by atoms with Gasteiger partial charge >= 0.3 is 0 Å². The largest absolute Gasteiger partial charge is 0.394 e. The highest BCUT2D eigenvalue weighted by molar-refractivity contribution is 5.85. The lowest BCUT2D eigenvalue weighted by Crippen LogP contribution is -2.55. The molecule has 8 unspecified atom stereocenters. The summed E-state index contributed by atoms with van der Waals surface area (Å²) in [6, 6.07) is -0.191. The molecule has 1 aliphatic heterocycles. The summed E-state index contributed by atoms with van der Waals surface area (Å²) in [6.45, 7) is -0.948. The summed E-state index contributed by atoms with van der Waals surface area (Å²) < 4.78 is 0. The maximum absolute atomic E-state index is 10.2. The zero-order valence-corrected chi connectivity index (χ0v) is 18.0. The lowest BCUT2D eigenvalue weighted by Gasteiger charge is -2.36. The molecule has 9 atom stereocenters. The molecule has 1 saturated heterocycles.